The van der Waals surface area contributed by atoms with E-state index in [9.17, 15) is 0 Å². The fourth-order valence-corrected chi connectivity index (χ4v) is 2.45. The lowest BCUT2D eigenvalue weighted by molar-refractivity contribution is 1.18. The summed E-state index contributed by atoms with van der Waals surface area (Å²) in [5.74, 6) is 5.72. The van der Waals surface area contributed by atoms with Gasteiger partial charge in [-0.25, -0.2) is 0 Å². The van der Waals surface area contributed by atoms with Crippen LogP contribution in [0, 0.1) is 0 Å². The molecule has 0 radical (unpaired) electrons. The molecule has 0 unspecified atom stereocenters. The Morgan fingerprint density at radius 2 is 1.53 bits per heavy atom. The summed E-state index contributed by atoms with van der Waals surface area (Å²) in [6.07, 6.45) is 0.880. The number of benzene rings is 3. The second-order valence-electron chi connectivity index (χ2n) is 4.63. The minimum Gasteiger partial charge on any atom is -0.323 e. The minimum atomic E-state index is 0.880. The van der Waals surface area contributed by atoms with E-state index in [-0.39, 0.29) is 0 Å². The van der Waals surface area contributed by atoms with Crippen LogP contribution in [0.1, 0.15) is 11.1 Å². The van der Waals surface area contributed by atoms with Crippen molar-refractivity contribution in [2.45, 2.75) is 6.42 Å². The first-order valence-corrected chi connectivity index (χ1v) is 6.39. The lowest BCUT2D eigenvalue weighted by Crippen LogP contribution is -2.10. The van der Waals surface area contributed by atoms with Gasteiger partial charge in [0.2, 0.25) is 0 Å². The molecular formula is C17H16N2. The average Bonchev–Trinajstić information content (AvgIpc) is 2.48. The molecule has 3 aromatic rings. The van der Waals surface area contributed by atoms with Crippen molar-refractivity contribution in [2.24, 2.45) is 5.84 Å². The van der Waals surface area contributed by atoms with Crippen molar-refractivity contribution in [2.75, 3.05) is 5.43 Å². The number of hydrogen-bond donors (Lipinski definition) is 2. The third kappa shape index (κ3) is 2.30. The highest BCUT2D eigenvalue weighted by molar-refractivity contribution is 5.95. The summed E-state index contributed by atoms with van der Waals surface area (Å²) >= 11 is 0. The van der Waals surface area contributed by atoms with Crippen molar-refractivity contribution in [1.29, 1.82) is 0 Å². The van der Waals surface area contributed by atoms with Crippen molar-refractivity contribution < 1.29 is 0 Å². The van der Waals surface area contributed by atoms with Gasteiger partial charge in [-0.1, -0.05) is 66.7 Å². The monoisotopic (exact) mass is 248 g/mol. The summed E-state index contributed by atoms with van der Waals surface area (Å²) in [7, 11) is 0. The van der Waals surface area contributed by atoms with Crippen LogP contribution in [-0.2, 0) is 6.42 Å². The van der Waals surface area contributed by atoms with E-state index in [1.165, 1.54) is 21.9 Å². The summed E-state index contributed by atoms with van der Waals surface area (Å²) < 4.78 is 0. The van der Waals surface area contributed by atoms with E-state index in [4.69, 9.17) is 5.84 Å². The Balaban J connectivity index is 2.08. The molecule has 3 rings (SSSR count). The SMILES string of the molecule is NNc1c(Cc2ccccc2)ccc2ccccc12. The molecule has 2 nitrogen and oxygen atoms in total. The van der Waals surface area contributed by atoms with Crippen molar-refractivity contribution in [1.82, 2.24) is 0 Å². The first-order chi connectivity index (χ1) is 9.38. The lowest BCUT2D eigenvalue weighted by Gasteiger charge is -2.12. The number of nitrogens with one attached hydrogen (secondary N) is 1. The van der Waals surface area contributed by atoms with Crippen LogP contribution < -0.4 is 11.3 Å². The van der Waals surface area contributed by atoms with E-state index in [0.717, 1.165) is 12.1 Å². The van der Waals surface area contributed by atoms with Crippen molar-refractivity contribution in [3.8, 4) is 0 Å². The van der Waals surface area contributed by atoms with E-state index in [1.54, 1.807) is 0 Å². The van der Waals surface area contributed by atoms with Crippen LogP contribution in [0.4, 0.5) is 5.69 Å². The Kier molecular flexibility index (Phi) is 3.17. The number of nitrogen functional groups attached to an aromatic ring is 1. The van der Waals surface area contributed by atoms with Gasteiger partial charge < -0.3 is 5.43 Å². The highest BCUT2D eigenvalue weighted by Crippen LogP contribution is 2.28. The van der Waals surface area contributed by atoms with Gasteiger partial charge in [-0.2, -0.15) is 0 Å². The lowest BCUT2D eigenvalue weighted by atomic mass is 9.99. The highest BCUT2D eigenvalue weighted by Gasteiger charge is 2.06. The third-order valence-electron chi connectivity index (χ3n) is 3.40. The van der Waals surface area contributed by atoms with Gasteiger partial charge >= 0.3 is 0 Å². The molecule has 0 fully saturated rings. The molecule has 2 heteroatoms. The van der Waals surface area contributed by atoms with Gasteiger partial charge in [-0.3, -0.25) is 5.84 Å². The molecule has 0 amide bonds. The topological polar surface area (TPSA) is 38.0 Å². The molecule has 0 bridgehead atoms. The van der Waals surface area contributed by atoms with E-state index >= 15 is 0 Å². The summed E-state index contributed by atoms with van der Waals surface area (Å²) in [6, 6.07) is 23.0. The molecule has 0 aliphatic rings. The summed E-state index contributed by atoms with van der Waals surface area (Å²) in [4.78, 5) is 0. The number of rotatable bonds is 3. The van der Waals surface area contributed by atoms with Gasteiger partial charge in [0.1, 0.15) is 0 Å². The molecule has 0 spiro atoms. The molecule has 0 saturated heterocycles. The maximum absolute atomic E-state index is 5.72. The van der Waals surface area contributed by atoms with Crippen LogP contribution in [0.2, 0.25) is 0 Å². The van der Waals surface area contributed by atoms with Crippen LogP contribution in [0.5, 0.6) is 0 Å². The maximum Gasteiger partial charge on any atom is 0.0598 e. The zero-order chi connectivity index (χ0) is 13.1. The Morgan fingerprint density at radius 1 is 0.789 bits per heavy atom. The maximum atomic E-state index is 5.72. The van der Waals surface area contributed by atoms with E-state index in [0.29, 0.717) is 0 Å². The Bertz CT molecular complexity index is 690. The quantitative estimate of drug-likeness (QED) is 0.547. The molecule has 0 heterocycles. The van der Waals surface area contributed by atoms with Crippen molar-refractivity contribution in [3.63, 3.8) is 0 Å². The average molecular weight is 248 g/mol. The Hall–Kier alpha value is -2.32. The van der Waals surface area contributed by atoms with Crippen LogP contribution in [-0.4, -0.2) is 0 Å². The number of nitrogens with two attached hydrogens (primary N) is 1. The fraction of sp³-hybridized carbons (Fsp3) is 0.0588. The minimum absolute atomic E-state index is 0.880. The van der Waals surface area contributed by atoms with Crippen LogP contribution >= 0.6 is 0 Å². The predicted octanol–water partition coefficient (Wildman–Crippen LogP) is 3.72. The molecule has 94 valence electrons. The summed E-state index contributed by atoms with van der Waals surface area (Å²) in [6.45, 7) is 0. The van der Waals surface area contributed by atoms with Gasteiger partial charge in [0, 0.05) is 5.39 Å². The van der Waals surface area contributed by atoms with Gasteiger partial charge in [-0.05, 0) is 22.9 Å². The highest BCUT2D eigenvalue weighted by atomic mass is 15.2. The largest absolute Gasteiger partial charge is 0.323 e. The van der Waals surface area contributed by atoms with Crippen LogP contribution in [0.15, 0.2) is 66.7 Å². The Morgan fingerprint density at radius 3 is 2.32 bits per heavy atom. The van der Waals surface area contributed by atoms with E-state index < -0.39 is 0 Å². The Labute approximate surface area is 112 Å². The standard InChI is InChI=1S/C17H16N2/c18-19-17-15(12-13-6-2-1-3-7-13)11-10-14-8-4-5-9-16(14)17/h1-11,19H,12,18H2. The van der Waals surface area contributed by atoms with Gasteiger partial charge in [-0.15, -0.1) is 0 Å². The number of anilines is 1. The molecule has 3 aromatic carbocycles. The summed E-state index contributed by atoms with van der Waals surface area (Å²) in [5, 5.41) is 2.37. The fourth-order valence-electron chi connectivity index (χ4n) is 2.45. The van der Waals surface area contributed by atoms with Gasteiger partial charge in [0.25, 0.3) is 0 Å². The molecular weight excluding hydrogens is 232 g/mol. The third-order valence-corrected chi connectivity index (χ3v) is 3.40. The van der Waals surface area contributed by atoms with Crippen LogP contribution in [0.25, 0.3) is 10.8 Å². The first kappa shape index (κ1) is 11.8. The smallest absolute Gasteiger partial charge is 0.0598 e. The van der Waals surface area contributed by atoms with Gasteiger partial charge in [0.05, 0.1) is 5.69 Å². The second-order valence-corrected chi connectivity index (χ2v) is 4.63. The first-order valence-electron chi connectivity index (χ1n) is 6.39. The molecule has 0 saturated carbocycles. The molecule has 3 N–H and O–H groups in total. The molecule has 0 aliphatic heterocycles. The summed E-state index contributed by atoms with van der Waals surface area (Å²) in [5.41, 5.74) is 6.38. The number of fused-ring (bicyclic) bond motifs is 1. The molecule has 19 heavy (non-hydrogen) atoms. The zero-order valence-electron chi connectivity index (χ0n) is 10.6. The second kappa shape index (κ2) is 5.12. The molecule has 0 aliphatic carbocycles. The van der Waals surface area contributed by atoms with Crippen molar-refractivity contribution >= 4 is 16.5 Å². The molecule has 0 aromatic heterocycles. The van der Waals surface area contributed by atoms with Crippen molar-refractivity contribution in [3.05, 3.63) is 77.9 Å². The normalized spacial score (nSPS) is 10.6. The van der Waals surface area contributed by atoms with Gasteiger partial charge in [0.15, 0.2) is 0 Å². The van der Waals surface area contributed by atoms with E-state index in [2.05, 4.69) is 54.0 Å². The van der Waals surface area contributed by atoms with Crippen LogP contribution in [0.3, 0.4) is 0 Å². The zero-order valence-corrected chi connectivity index (χ0v) is 10.6. The number of hydrogen-bond acceptors (Lipinski definition) is 2. The predicted molar refractivity (Wildman–Crippen MR) is 81.0 cm³/mol. The number of hydrazine groups is 1. The molecule has 0 atom stereocenters. The van der Waals surface area contributed by atoms with E-state index in [1.807, 2.05) is 18.2 Å².